The Labute approximate surface area is 115 Å². The van der Waals surface area contributed by atoms with Gasteiger partial charge in [0.25, 0.3) is 5.91 Å². The van der Waals surface area contributed by atoms with Crippen LogP contribution in [0, 0.1) is 11.3 Å². The van der Waals surface area contributed by atoms with Crippen LogP contribution in [-0.2, 0) is 4.74 Å². The van der Waals surface area contributed by atoms with Crippen molar-refractivity contribution in [3.05, 3.63) is 22.8 Å². The average molecular weight is 281 g/mol. The number of ether oxygens (including phenoxy) is 1. The van der Waals surface area contributed by atoms with E-state index in [4.69, 9.17) is 21.6 Å². The first kappa shape index (κ1) is 13.6. The number of nitriles is 1. The molecule has 1 aliphatic rings. The summed E-state index contributed by atoms with van der Waals surface area (Å²) in [6.45, 7) is 1.09. The number of carbonyl (C=O) groups is 1. The standard InChI is InChI=1S/C12H13ClN4O2/c1-15-11-10(13)4-8(6-16-11)12(18)17-2-3-19-9(5-14)7-17/h4,6,9H,2-3,7H2,1H3,(H,15,16). The molecule has 1 fully saturated rings. The molecule has 1 atom stereocenters. The van der Waals surface area contributed by atoms with Gasteiger partial charge in [0.05, 0.1) is 29.8 Å². The maximum Gasteiger partial charge on any atom is 0.255 e. The molecule has 0 radical (unpaired) electrons. The summed E-state index contributed by atoms with van der Waals surface area (Å²) in [6.07, 6.45) is 0.898. The lowest BCUT2D eigenvalue weighted by Crippen LogP contribution is -2.45. The van der Waals surface area contributed by atoms with Crippen LogP contribution in [0.5, 0.6) is 0 Å². The molecule has 1 aromatic heterocycles. The van der Waals surface area contributed by atoms with Gasteiger partial charge in [-0.15, -0.1) is 0 Å². The first-order valence-electron chi connectivity index (χ1n) is 5.79. The fraction of sp³-hybridized carbons (Fsp3) is 0.417. The number of anilines is 1. The van der Waals surface area contributed by atoms with E-state index >= 15 is 0 Å². The van der Waals surface area contributed by atoms with Crippen LogP contribution in [-0.4, -0.2) is 48.6 Å². The van der Waals surface area contributed by atoms with Crippen molar-refractivity contribution in [2.75, 3.05) is 32.1 Å². The summed E-state index contributed by atoms with van der Waals surface area (Å²) in [5, 5.41) is 12.0. The minimum atomic E-state index is -0.572. The second-order valence-electron chi connectivity index (χ2n) is 4.04. The third-order valence-corrected chi connectivity index (χ3v) is 3.11. The molecule has 2 heterocycles. The summed E-state index contributed by atoms with van der Waals surface area (Å²) in [6, 6.07) is 3.57. The topological polar surface area (TPSA) is 78.2 Å². The van der Waals surface area contributed by atoms with Crippen LogP contribution < -0.4 is 5.32 Å². The predicted octanol–water partition coefficient (Wildman–Crippen LogP) is 1.14. The Kier molecular flexibility index (Phi) is 4.20. The summed E-state index contributed by atoms with van der Waals surface area (Å²) < 4.78 is 5.20. The van der Waals surface area contributed by atoms with Gasteiger partial charge in [0.15, 0.2) is 6.10 Å². The Bertz CT molecular complexity index is 529. The summed E-state index contributed by atoms with van der Waals surface area (Å²) in [7, 11) is 1.70. The van der Waals surface area contributed by atoms with E-state index in [1.807, 2.05) is 6.07 Å². The number of morpholine rings is 1. The van der Waals surface area contributed by atoms with Gasteiger partial charge in [0.1, 0.15) is 5.82 Å². The largest absolute Gasteiger partial charge is 0.372 e. The predicted molar refractivity (Wildman–Crippen MR) is 70.1 cm³/mol. The Morgan fingerprint density at radius 3 is 3.16 bits per heavy atom. The number of aromatic nitrogens is 1. The Morgan fingerprint density at radius 2 is 2.53 bits per heavy atom. The van der Waals surface area contributed by atoms with Crippen molar-refractivity contribution in [3.8, 4) is 6.07 Å². The molecule has 2 rings (SSSR count). The van der Waals surface area contributed by atoms with Gasteiger partial charge in [-0.3, -0.25) is 4.79 Å². The Morgan fingerprint density at radius 1 is 1.74 bits per heavy atom. The van der Waals surface area contributed by atoms with Crippen molar-refractivity contribution in [1.82, 2.24) is 9.88 Å². The Balaban J connectivity index is 2.15. The maximum absolute atomic E-state index is 12.3. The number of rotatable bonds is 2. The highest BCUT2D eigenvalue weighted by Gasteiger charge is 2.25. The fourth-order valence-electron chi connectivity index (χ4n) is 1.83. The third-order valence-electron chi connectivity index (χ3n) is 2.82. The number of amides is 1. The monoisotopic (exact) mass is 280 g/mol. The van der Waals surface area contributed by atoms with E-state index in [1.165, 1.54) is 6.20 Å². The molecule has 1 aliphatic heterocycles. The van der Waals surface area contributed by atoms with Crippen molar-refractivity contribution in [2.24, 2.45) is 0 Å². The first-order valence-corrected chi connectivity index (χ1v) is 6.17. The van der Waals surface area contributed by atoms with E-state index in [-0.39, 0.29) is 12.5 Å². The molecule has 0 bridgehead atoms. The van der Waals surface area contributed by atoms with E-state index in [1.54, 1.807) is 18.0 Å². The third kappa shape index (κ3) is 2.95. The van der Waals surface area contributed by atoms with Gasteiger partial charge in [-0.1, -0.05) is 11.6 Å². The zero-order chi connectivity index (χ0) is 13.8. The van der Waals surface area contributed by atoms with Crippen LogP contribution in [0.3, 0.4) is 0 Å². The molecule has 7 heteroatoms. The number of nitrogens with one attached hydrogen (secondary N) is 1. The van der Waals surface area contributed by atoms with Crippen LogP contribution in [0.2, 0.25) is 5.02 Å². The van der Waals surface area contributed by atoms with Gasteiger partial charge in [0, 0.05) is 19.8 Å². The average Bonchev–Trinajstić information content (AvgIpc) is 2.46. The van der Waals surface area contributed by atoms with Crippen LogP contribution in [0.1, 0.15) is 10.4 Å². The number of hydrogen-bond donors (Lipinski definition) is 1. The van der Waals surface area contributed by atoms with Crippen LogP contribution in [0.4, 0.5) is 5.82 Å². The van der Waals surface area contributed by atoms with Gasteiger partial charge in [-0.2, -0.15) is 5.26 Å². The molecule has 1 saturated heterocycles. The zero-order valence-electron chi connectivity index (χ0n) is 10.4. The normalized spacial score (nSPS) is 18.8. The molecule has 1 aromatic rings. The van der Waals surface area contributed by atoms with Crippen molar-refractivity contribution < 1.29 is 9.53 Å². The first-order chi connectivity index (χ1) is 9.15. The number of hydrogen-bond acceptors (Lipinski definition) is 5. The van der Waals surface area contributed by atoms with Gasteiger partial charge >= 0.3 is 0 Å². The maximum atomic E-state index is 12.3. The van der Waals surface area contributed by atoms with E-state index in [0.717, 1.165) is 0 Å². The van der Waals surface area contributed by atoms with Gasteiger partial charge < -0.3 is 15.0 Å². The van der Waals surface area contributed by atoms with Gasteiger partial charge in [-0.05, 0) is 6.07 Å². The smallest absolute Gasteiger partial charge is 0.255 e. The molecule has 0 saturated carbocycles. The SMILES string of the molecule is CNc1ncc(C(=O)N2CCOC(C#N)C2)cc1Cl. The van der Waals surface area contributed by atoms with E-state index < -0.39 is 6.10 Å². The molecule has 19 heavy (non-hydrogen) atoms. The second kappa shape index (κ2) is 5.87. The van der Waals surface area contributed by atoms with Gasteiger partial charge in [0.2, 0.25) is 0 Å². The molecule has 100 valence electrons. The summed E-state index contributed by atoms with van der Waals surface area (Å²) in [5.41, 5.74) is 0.405. The van der Waals surface area contributed by atoms with E-state index in [2.05, 4.69) is 10.3 Å². The lowest BCUT2D eigenvalue weighted by Gasteiger charge is -2.29. The molecular weight excluding hydrogens is 268 g/mol. The minimum absolute atomic E-state index is 0.194. The zero-order valence-corrected chi connectivity index (χ0v) is 11.1. The number of carbonyl (C=O) groups excluding carboxylic acids is 1. The fourth-order valence-corrected chi connectivity index (χ4v) is 2.09. The van der Waals surface area contributed by atoms with Crippen molar-refractivity contribution >= 4 is 23.3 Å². The molecule has 1 N–H and O–H groups in total. The highest BCUT2D eigenvalue weighted by Crippen LogP contribution is 2.20. The number of pyridine rings is 1. The van der Waals surface area contributed by atoms with Crippen LogP contribution in [0.15, 0.2) is 12.3 Å². The van der Waals surface area contributed by atoms with E-state index in [0.29, 0.717) is 29.6 Å². The summed E-state index contributed by atoms with van der Waals surface area (Å²) in [5.74, 6) is 0.329. The number of nitrogens with zero attached hydrogens (tertiary/aromatic N) is 3. The molecule has 0 aromatic carbocycles. The molecule has 0 spiro atoms. The molecular formula is C12H13ClN4O2. The molecule has 1 amide bonds. The molecule has 1 unspecified atom stereocenters. The minimum Gasteiger partial charge on any atom is -0.372 e. The summed E-state index contributed by atoms with van der Waals surface area (Å²) >= 11 is 6.00. The van der Waals surface area contributed by atoms with Crippen LogP contribution >= 0.6 is 11.6 Å². The lowest BCUT2D eigenvalue weighted by atomic mass is 10.2. The Hall–Kier alpha value is -1.84. The highest BCUT2D eigenvalue weighted by molar-refractivity contribution is 6.33. The molecule has 0 aliphatic carbocycles. The van der Waals surface area contributed by atoms with Crippen LogP contribution in [0.25, 0.3) is 0 Å². The molecule has 6 nitrogen and oxygen atoms in total. The quantitative estimate of drug-likeness (QED) is 0.879. The van der Waals surface area contributed by atoms with Gasteiger partial charge in [-0.25, -0.2) is 4.98 Å². The van der Waals surface area contributed by atoms with E-state index in [9.17, 15) is 4.79 Å². The summed E-state index contributed by atoms with van der Waals surface area (Å²) in [4.78, 5) is 17.9. The van der Waals surface area contributed by atoms with Crippen molar-refractivity contribution in [2.45, 2.75) is 6.10 Å². The number of halogens is 1. The van der Waals surface area contributed by atoms with Crippen molar-refractivity contribution in [3.63, 3.8) is 0 Å². The van der Waals surface area contributed by atoms with Crippen molar-refractivity contribution in [1.29, 1.82) is 5.26 Å². The lowest BCUT2D eigenvalue weighted by molar-refractivity contribution is 0.00345. The second-order valence-corrected chi connectivity index (χ2v) is 4.45. The highest BCUT2D eigenvalue weighted by atomic mass is 35.5.